The number of aromatic nitrogens is 2. The number of anilines is 1. The molecule has 0 unspecified atom stereocenters. The zero-order chi connectivity index (χ0) is 19.4. The lowest BCUT2D eigenvalue weighted by molar-refractivity contribution is -0.153. The topological polar surface area (TPSA) is 77.2 Å². The van der Waals surface area contributed by atoms with Crippen LogP contribution in [0.1, 0.15) is 16.2 Å². The molecule has 0 saturated heterocycles. The lowest BCUT2D eigenvalue weighted by atomic mass is 10.1. The molecule has 0 aliphatic heterocycles. The number of halogens is 3. The van der Waals surface area contributed by atoms with E-state index in [1.165, 1.54) is 24.3 Å². The second-order valence-electron chi connectivity index (χ2n) is 5.61. The van der Waals surface area contributed by atoms with Gasteiger partial charge in [0, 0.05) is 16.8 Å². The van der Waals surface area contributed by atoms with E-state index in [1.807, 2.05) is 0 Å². The first-order valence-electron chi connectivity index (χ1n) is 7.82. The molecule has 0 radical (unpaired) electrons. The first-order valence-corrected chi connectivity index (χ1v) is 7.82. The van der Waals surface area contributed by atoms with Crippen LogP contribution in [0, 0.1) is 6.92 Å². The summed E-state index contributed by atoms with van der Waals surface area (Å²) in [5.41, 5.74) is 1.50. The van der Waals surface area contributed by atoms with Gasteiger partial charge in [0.15, 0.2) is 12.4 Å². The smallest absolute Gasteiger partial charge is 0.422 e. The van der Waals surface area contributed by atoms with E-state index in [0.29, 0.717) is 28.5 Å². The molecule has 0 atom stereocenters. The van der Waals surface area contributed by atoms with Crippen LogP contribution in [0.15, 0.2) is 53.1 Å². The Morgan fingerprint density at radius 3 is 2.33 bits per heavy atom. The molecule has 1 N–H and O–H groups in total. The Morgan fingerprint density at radius 2 is 1.78 bits per heavy atom. The van der Waals surface area contributed by atoms with Crippen molar-refractivity contribution < 1.29 is 27.2 Å². The number of ether oxygens (including phenoxy) is 1. The highest BCUT2D eigenvalue weighted by atomic mass is 19.4. The first kappa shape index (κ1) is 18.4. The molecular formula is C18H14F3N3O3. The van der Waals surface area contributed by atoms with Crippen LogP contribution >= 0.6 is 0 Å². The van der Waals surface area contributed by atoms with E-state index in [2.05, 4.69) is 20.2 Å². The van der Waals surface area contributed by atoms with Gasteiger partial charge in [-0.3, -0.25) is 4.79 Å². The van der Waals surface area contributed by atoms with Gasteiger partial charge in [-0.15, -0.1) is 0 Å². The molecule has 0 fully saturated rings. The van der Waals surface area contributed by atoms with Gasteiger partial charge in [-0.05, 0) is 55.5 Å². The molecule has 1 amide bonds. The van der Waals surface area contributed by atoms with Gasteiger partial charge in [0.1, 0.15) is 5.75 Å². The van der Waals surface area contributed by atoms with Crippen LogP contribution in [0.25, 0.3) is 11.5 Å². The van der Waals surface area contributed by atoms with Crippen LogP contribution in [0.3, 0.4) is 0 Å². The molecule has 1 heterocycles. The Bertz CT molecular complexity index is 920. The highest BCUT2D eigenvalue weighted by Gasteiger charge is 2.28. The fourth-order valence-electron chi connectivity index (χ4n) is 2.18. The van der Waals surface area contributed by atoms with Crippen LogP contribution < -0.4 is 10.1 Å². The molecule has 0 aliphatic rings. The summed E-state index contributed by atoms with van der Waals surface area (Å²) in [4.78, 5) is 16.4. The molecule has 0 bridgehead atoms. The minimum Gasteiger partial charge on any atom is -0.484 e. The predicted molar refractivity (Wildman–Crippen MR) is 90.4 cm³/mol. The zero-order valence-corrected chi connectivity index (χ0v) is 14.1. The van der Waals surface area contributed by atoms with Crippen molar-refractivity contribution in [3.63, 3.8) is 0 Å². The van der Waals surface area contributed by atoms with Crippen molar-refractivity contribution in [1.29, 1.82) is 0 Å². The maximum absolute atomic E-state index is 12.3. The summed E-state index contributed by atoms with van der Waals surface area (Å²) < 4.78 is 46.0. The van der Waals surface area contributed by atoms with Gasteiger partial charge in [-0.1, -0.05) is 5.16 Å². The Morgan fingerprint density at radius 1 is 1.11 bits per heavy atom. The second-order valence-corrected chi connectivity index (χ2v) is 5.61. The number of hydrogen-bond acceptors (Lipinski definition) is 5. The fourth-order valence-corrected chi connectivity index (χ4v) is 2.18. The molecule has 2 aromatic carbocycles. The largest absolute Gasteiger partial charge is 0.484 e. The molecule has 6 nitrogen and oxygen atoms in total. The number of carbonyl (C=O) groups excluding carboxylic acids is 1. The minimum atomic E-state index is -4.40. The van der Waals surface area contributed by atoms with Gasteiger partial charge in [-0.2, -0.15) is 18.2 Å². The minimum absolute atomic E-state index is 0.0597. The highest BCUT2D eigenvalue weighted by molar-refractivity contribution is 6.04. The van der Waals surface area contributed by atoms with Crippen molar-refractivity contribution >= 4 is 11.6 Å². The molecule has 3 rings (SSSR count). The van der Waals surface area contributed by atoms with E-state index in [4.69, 9.17) is 4.52 Å². The maximum atomic E-state index is 12.3. The van der Waals surface area contributed by atoms with E-state index in [9.17, 15) is 18.0 Å². The number of nitrogens with zero attached hydrogens (tertiary/aromatic N) is 2. The summed E-state index contributed by atoms with van der Waals surface area (Å²) in [5.74, 6) is 0.556. The van der Waals surface area contributed by atoms with Crippen LogP contribution in [-0.4, -0.2) is 28.8 Å². The van der Waals surface area contributed by atoms with E-state index in [1.54, 1.807) is 31.2 Å². The summed E-state index contributed by atoms with van der Waals surface area (Å²) in [6, 6.07) is 12.2. The average molecular weight is 377 g/mol. The van der Waals surface area contributed by atoms with Gasteiger partial charge in [0.2, 0.25) is 0 Å². The summed E-state index contributed by atoms with van der Waals surface area (Å²) in [5, 5.41) is 6.35. The number of rotatable bonds is 5. The summed E-state index contributed by atoms with van der Waals surface area (Å²) in [7, 11) is 0. The van der Waals surface area contributed by atoms with Crippen molar-refractivity contribution in [2.75, 3.05) is 11.9 Å². The molecule has 0 aliphatic carbocycles. The van der Waals surface area contributed by atoms with Crippen LogP contribution in [-0.2, 0) is 0 Å². The Balaban J connectivity index is 1.61. The third kappa shape index (κ3) is 5.06. The van der Waals surface area contributed by atoms with Crippen molar-refractivity contribution in [3.8, 4) is 17.2 Å². The quantitative estimate of drug-likeness (QED) is 0.720. The lowest BCUT2D eigenvalue weighted by Gasteiger charge is -2.10. The van der Waals surface area contributed by atoms with Crippen molar-refractivity contribution in [1.82, 2.24) is 10.1 Å². The van der Waals surface area contributed by atoms with Gasteiger partial charge in [-0.25, -0.2) is 0 Å². The summed E-state index contributed by atoms with van der Waals surface area (Å²) in [6.07, 6.45) is -4.40. The number of alkyl halides is 3. The van der Waals surface area contributed by atoms with Gasteiger partial charge in [0.05, 0.1) is 0 Å². The van der Waals surface area contributed by atoms with Gasteiger partial charge < -0.3 is 14.6 Å². The SMILES string of the molecule is Cc1noc(-c2ccc(C(=O)Nc3ccc(OCC(F)(F)F)cc3)cc2)n1. The Labute approximate surface area is 152 Å². The molecule has 3 aromatic rings. The van der Waals surface area contributed by atoms with Crippen molar-refractivity contribution in [2.24, 2.45) is 0 Å². The number of hydrogen-bond donors (Lipinski definition) is 1. The monoisotopic (exact) mass is 377 g/mol. The highest BCUT2D eigenvalue weighted by Crippen LogP contribution is 2.21. The average Bonchev–Trinajstić information content (AvgIpc) is 3.07. The standard InChI is InChI=1S/C18H14F3N3O3/c1-11-22-17(27-24-11)13-4-2-12(3-5-13)16(25)23-14-6-8-15(9-7-14)26-10-18(19,20)21/h2-9H,10H2,1H3,(H,23,25). The van der Waals surface area contributed by atoms with Crippen LogP contribution in [0.4, 0.5) is 18.9 Å². The third-order valence-electron chi connectivity index (χ3n) is 3.44. The molecule has 140 valence electrons. The van der Waals surface area contributed by atoms with E-state index in [-0.39, 0.29) is 11.7 Å². The van der Waals surface area contributed by atoms with Gasteiger partial charge >= 0.3 is 6.18 Å². The molecule has 0 saturated carbocycles. The number of nitrogens with one attached hydrogen (secondary N) is 1. The Hall–Kier alpha value is -3.36. The van der Waals surface area contributed by atoms with E-state index < -0.39 is 12.8 Å². The molecule has 0 spiro atoms. The number of aryl methyl sites for hydroxylation is 1. The first-order chi connectivity index (χ1) is 12.8. The number of amides is 1. The zero-order valence-electron chi connectivity index (χ0n) is 14.1. The lowest BCUT2D eigenvalue weighted by Crippen LogP contribution is -2.19. The van der Waals surface area contributed by atoms with E-state index >= 15 is 0 Å². The van der Waals surface area contributed by atoms with Crippen LogP contribution in [0.2, 0.25) is 0 Å². The molecule has 27 heavy (non-hydrogen) atoms. The Kier molecular flexibility index (Phi) is 5.11. The maximum Gasteiger partial charge on any atom is 0.422 e. The van der Waals surface area contributed by atoms with Crippen molar-refractivity contribution in [3.05, 3.63) is 59.9 Å². The fraction of sp³-hybridized carbons (Fsp3) is 0.167. The molecule has 9 heteroatoms. The number of benzene rings is 2. The summed E-state index contributed by atoms with van der Waals surface area (Å²) in [6.45, 7) is 0.332. The number of carbonyl (C=O) groups is 1. The summed E-state index contributed by atoms with van der Waals surface area (Å²) >= 11 is 0. The van der Waals surface area contributed by atoms with Crippen LogP contribution in [0.5, 0.6) is 5.75 Å². The van der Waals surface area contributed by atoms with E-state index in [0.717, 1.165) is 0 Å². The molecule has 1 aromatic heterocycles. The normalized spacial score (nSPS) is 11.3. The van der Waals surface area contributed by atoms with Gasteiger partial charge in [0.25, 0.3) is 11.8 Å². The predicted octanol–water partition coefficient (Wildman–Crippen LogP) is 4.24. The molecular weight excluding hydrogens is 363 g/mol. The van der Waals surface area contributed by atoms with Crippen molar-refractivity contribution in [2.45, 2.75) is 13.1 Å². The third-order valence-corrected chi connectivity index (χ3v) is 3.44. The second kappa shape index (κ2) is 7.48.